The Morgan fingerprint density at radius 2 is 1.76 bits per heavy atom. The molecule has 3 aliphatic rings. The second-order valence-electron chi connectivity index (χ2n) is 10.4. The summed E-state index contributed by atoms with van der Waals surface area (Å²) in [6.45, 7) is 1.23. The van der Waals surface area contributed by atoms with Crippen molar-refractivity contribution in [3.63, 3.8) is 0 Å². The van der Waals surface area contributed by atoms with Crippen LogP contribution >= 0.6 is 11.6 Å². The number of piperidine rings is 1. The number of benzene rings is 1. The number of pyridine rings is 1. The van der Waals surface area contributed by atoms with E-state index in [1.54, 1.807) is 17.0 Å². The van der Waals surface area contributed by atoms with Crippen LogP contribution in [0.3, 0.4) is 0 Å². The number of aromatic nitrogens is 4. The Balaban J connectivity index is 1.26. The molecule has 1 aromatic carbocycles. The Hall–Kier alpha value is -2.79. The fraction of sp³-hybridized carbons (Fsp3) is 0.500. The topological polar surface area (TPSA) is 50.1 Å². The lowest BCUT2D eigenvalue weighted by atomic mass is 9.95. The van der Waals surface area contributed by atoms with E-state index in [1.165, 1.54) is 6.07 Å². The smallest absolute Gasteiger partial charge is 0.283 e. The third kappa shape index (κ3) is 4.86. The second-order valence-corrected chi connectivity index (χ2v) is 10.8. The van der Waals surface area contributed by atoms with Crippen molar-refractivity contribution in [1.29, 1.82) is 0 Å². The van der Waals surface area contributed by atoms with Gasteiger partial charge >= 0.3 is 0 Å². The molecule has 12 heteroatoms. The number of fused-ring (bicyclic) bond motifs is 3. The average Bonchev–Trinajstić information content (AvgIpc) is 3.68. The molecule has 6 nitrogen and oxygen atoms in total. The van der Waals surface area contributed by atoms with Crippen LogP contribution in [0.15, 0.2) is 30.3 Å². The van der Waals surface area contributed by atoms with Gasteiger partial charge in [0.1, 0.15) is 17.3 Å². The van der Waals surface area contributed by atoms with Gasteiger partial charge in [0.25, 0.3) is 12.3 Å². The minimum Gasteiger partial charge on any atom is -0.357 e. The third-order valence-electron chi connectivity index (χ3n) is 7.65. The van der Waals surface area contributed by atoms with E-state index < -0.39 is 29.8 Å². The number of alkyl halides is 4. The van der Waals surface area contributed by atoms with Crippen molar-refractivity contribution in [1.82, 2.24) is 24.6 Å². The van der Waals surface area contributed by atoms with E-state index in [4.69, 9.17) is 11.6 Å². The van der Waals surface area contributed by atoms with E-state index in [2.05, 4.69) is 15.2 Å². The van der Waals surface area contributed by atoms with Crippen LogP contribution in [0.2, 0.25) is 5.02 Å². The van der Waals surface area contributed by atoms with Crippen molar-refractivity contribution in [3.05, 3.63) is 64.1 Å². The van der Waals surface area contributed by atoms with Gasteiger partial charge in [-0.2, -0.15) is 0 Å². The second kappa shape index (κ2) is 9.75. The lowest BCUT2D eigenvalue weighted by Gasteiger charge is -2.32. The fourth-order valence-corrected chi connectivity index (χ4v) is 5.74. The number of rotatable bonds is 6. The minimum absolute atomic E-state index is 0.00509. The molecule has 6 rings (SSSR count). The molecule has 2 fully saturated rings. The number of hydrogen-bond donors (Lipinski definition) is 0. The quantitative estimate of drug-likeness (QED) is 0.344. The SMILES string of the molecule is Fc1ccc(N2CCC(c3nnc4n3-c3ccc(Cl)cc3CN(CC(F)(F)C3CC3)C4)CC2)nc1C(F)F. The number of halogens is 6. The first-order chi connectivity index (χ1) is 18.2. The Morgan fingerprint density at radius 3 is 2.47 bits per heavy atom. The van der Waals surface area contributed by atoms with Crippen LogP contribution in [0.4, 0.5) is 27.8 Å². The normalized spacial score (nSPS) is 19.0. The van der Waals surface area contributed by atoms with Gasteiger partial charge in [-0.25, -0.2) is 26.9 Å². The highest BCUT2D eigenvalue weighted by atomic mass is 35.5. The molecule has 1 aliphatic carbocycles. The average molecular weight is 553 g/mol. The summed E-state index contributed by atoms with van der Waals surface area (Å²) in [4.78, 5) is 7.42. The van der Waals surface area contributed by atoms with Crippen LogP contribution in [-0.2, 0) is 13.1 Å². The number of hydrogen-bond acceptors (Lipinski definition) is 5. The third-order valence-corrected chi connectivity index (χ3v) is 7.89. The lowest BCUT2D eigenvalue weighted by molar-refractivity contribution is -0.0558. The summed E-state index contributed by atoms with van der Waals surface area (Å²) < 4.78 is 71.4. The van der Waals surface area contributed by atoms with Gasteiger partial charge < -0.3 is 4.90 Å². The summed E-state index contributed by atoms with van der Waals surface area (Å²) in [5, 5.41) is 9.43. The van der Waals surface area contributed by atoms with Crippen LogP contribution in [0.5, 0.6) is 0 Å². The summed E-state index contributed by atoms with van der Waals surface area (Å²) in [6, 6.07) is 7.89. The fourth-order valence-electron chi connectivity index (χ4n) is 5.54. The van der Waals surface area contributed by atoms with Gasteiger partial charge in [-0.05, 0) is 61.6 Å². The van der Waals surface area contributed by atoms with Gasteiger partial charge in [-0.3, -0.25) is 9.47 Å². The first-order valence-electron chi connectivity index (χ1n) is 12.7. The van der Waals surface area contributed by atoms with E-state index in [0.29, 0.717) is 62.0 Å². The first-order valence-corrected chi connectivity index (χ1v) is 13.1. The van der Waals surface area contributed by atoms with Crippen LogP contribution in [0.25, 0.3) is 5.69 Å². The molecular formula is C26H26ClF5N6. The molecule has 1 saturated heterocycles. The minimum atomic E-state index is -2.99. The molecular weight excluding hydrogens is 527 g/mol. The first kappa shape index (κ1) is 25.5. The Bertz CT molecular complexity index is 1340. The molecule has 0 N–H and O–H groups in total. The van der Waals surface area contributed by atoms with Crippen LogP contribution in [-0.4, -0.2) is 50.2 Å². The van der Waals surface area contributed by atoms with E-state index in [1.807, 2.05) is 15.5 Å². The van der Waals surface area contributed by atoms with E-state index in [9.17, 15) is 22.0 Å². The highest BCUT2D eigenvalue weighted by molar-refractivity contribution is 6.30. The van der Waals surface area contributed by atoms with Crippen molar-refractivity contribution in [2.75, 3.05) is 24.5 Å². The molecule has 0 unspecified atom stereocenters. The number of anilines is 1. The van der Waals surface area contributed by atoms with Crippen LogP contribution in [0.1, 0.15) is 60.9 Å². The van der Waals surface area contributed by atoms with Gasteiger partial charge in [0.05, 0.1) is 18.8 Å². The molecule has 0 bridgehead atoms. The summed E-state index contributed by atoms with van der Waals surface area (Å²) >= 11 is 6.29. The van der Waals surface area contributed by atoms with Gasteiger partial charge in [-0.15, -0.1) is 10.2 Å². The Morgan fingerprint density at radius 1 is 1.00 bits per heavy atom. The maximum atomic E-state index is 14.7. The van der Waals surface area contributed by atoms with Crippen LogP contribution in [0, 0.1) is 11.7 Å². The molecule has 0 spiro atoms. The molecule has 0 amide bonds. The highest BCUT2D eigenvalue weighted by Crippen LogP contribution is 2.44. The van der Waals surface area contributed by atoms with Crippen molar-refractivity contribution >= 4 is 17.4 Å². The molecule has 2 aromatic heterocycles. The largest absolute Gasteiger partial charge is 0.357 e. The van der Waals surface area contributed by atoms with Crippen molar-refractivity contribution in [2.24, 2.45) is 5.92 Å². The van der Waals surface area contributed by atoms with E-state index >= 15 is 0 Å². The summed E-state index contributed by atoms with van der Waals surface area (Å²) in [6.07, 6.45) is -0.587. The Kier molecular flexibility index (Phi) is 6.54. The summed E-state index contributed by atoms with van der Waals surface area (Å²) in [5.74, 6) is -2.69. The molecule has 0 radical (unpaired) electrons. The zero-order valence-electron chi connectivity index (χ0n) is 20.4. The van der Waals surface area contributed by atoms with Crippen molar-refractivity contribution in [3.8, 4) is 5.69 Å². The molecule has 1 saturated carbocycles. The maximum absolute atomic E-state index is 14.7. The standard InChI is InChI=1S/C26H26ClF5N6/c27-18-3-5-20-16(11-18)12-36(14-26(31,32)17-1-2-17)13-22-34-35-25(38(20)22)15-7-9-37(10-8-15)21-6-4-19(28)23(33-21)24(29)30/h3-6,11,15,17,24H,1-2,7-10,12-14H2. The van der Waals surface area contributed by atoms with E-state index in [-0.39, 0.29) is 19.0 Å². The lowest BCUT2D eigenvalue weighted by Crippen LogP contribution is -2.37. The summed E-state index contributed by atoms with van der Waals surface area (Å²) in [7, 11) is 0. The van der Waals surface area contributed by atoms with Gasteiger partial charge in [0.2, 0.25) is 0 Å². The molecule has 4 heterocycles. The molecule has 0 atom stereocenters. The predicted molar refractivity (Wildman–Crippen MR) is 131 cm³/mol. The maximum Gasteiger partial charge on any atom is 0.283 e. The monoisotopic (exact) mass is 552 g/mol. The van der Waals surface area contributed by atoms with Gasteiger partial charge in [-0.1, -0.05) is 11.6 Å². The Labute approximate surface area is 221 Å². The zero-order chi connectivity index (χ0) is 26.6. The van der Waals surface area contributed by atoms with Gasteiger partial charge in [0.15, 0.2) is 11.6 Å². The highest BCUT2D eigenvalue weighted by Gasteiger charge is 2.48. The molecule has 38 heavy (non-hydrogen) atoms. The van der Waals surface area contributed by atoms with Crippen LogP contribution < -0.4 is 4.90 Å². The van der Waals surface area contributed by atoms with Crippen molar-refractivity contribution in [2.45, 2.75) is 57.0 Å². The zero-order valence-corrected chi connectivity index (χ0v) is 21.2. The molecule has 3 aromatic rings. The van der Waals surface area contributed by atoms with E-state index in [0.717, 1.165) is 23.1 Å². The van der Waals surface area contributed by atoms with Crippen molar-refractivity contribution < 1.29 is 22.0 Å². The summed E-state index contributed by atoms with van der Waals surface area (Å²) in [5.41, 5.74) is 0.807. The number of nitrogens with zero attached hydrogens (tertiary/aromatic N) is 6. The predicted octanol–water partition coefficient (Wildman–Crippen LogP) is 6.14. The molecule has 202 valence electrons. The van der Waals surface area contributed by atoms with Gasteiger partial charge in [0, 0.05) is 36.5 Å². The molecule has 2 aliphatic heterocycles.